The van der Waals surface area contributed by atoms with E-state index in [4.69, 9.17) is 4.74 Å². The maximum atomic E-state index is 12.8. The first kappa shape index (κ1) is 18.3. The number of nitrogens with zero attached hydrogens (tertiary/aromatic N) is 1. The highest BCUT2D eigenvalue weighted by atomic mass is 16.5. The first-order valence-corrected chi connectivity index (χ1v) is 8.64. The summed E-state index contributed by atoms with van der Waals surface area (Å²) in [4.78, 5) is 26.4. The predicted octanol–water partition coefficient (Wildman–Crippen LogP) is 2.63. The number of aryl methyl sites for hydroxylation is 1. The number of ether oxygens (including phenoxy) is 1. The van der Waals surface area contributed by atoms with Crippen LogP contribution >= 0.6 is 0 Å². The number of rotatable bonds is 5. The average molecular weight is 332 g/mol. The quantitative estimate of drug-likeness (QED) is 0.902. The van der Waals surface area contributed by atoms with Crippen molar-refractivity contribution in [2.75, 3.05) is 26.7 Å². The molecular weight excluding hydrogens is 304 g/mol. The van der Waals surface area contributed by atoms with E-state index < -0.39 is 0 Å². The average Bonchev–Trinajstić information content (AvgIpc) is 2.59. The fourth-order valence-electron chi connectivity index (χ4n) is 3.00. The topological polar surface area (TPSA) is 58.6 Å². The molecule has 1 N–H and O–H groups in total. The number of nitrogens with one attached hydrogen (secondary N) is 1. The Morgan fingerprint density at radius 3 is 2.79 bits per heavy atom. The Balaban J connectivity index is 1.98. The van der Waals surface area contributed by atoms with Crippen LogP contribution < -0.4 is 10.1 Å². The smallest absolute Gasteiger partial charge is 0.253 e. The molecular formula is C19H28N2O3. The molecule has 1 unspecified atom stereocenters. The fraction of sp³-hybridized carbons (Fsp3) is 0.579. The fourth-order valence-corrected chi connectivity index (χ4v) is 3.00. The van der Waals surface area contributed by atoms with Crippen molar-refractivity contribution in [2.24, 2.45) is 11.8 Å². The van der Waals surface area contributed by atoms with Crippen LogP contribution in [0, 0.1) is 18.8 Å². The monoisotopic (exact) mass is 332 g/mol. The Morgan fingerprint density at radius 1 is 1.38 bits per heavy atom. The predicted molar refractivity (Wildman–Crippen MR) is 94.2 cm³/mol. The number of hydrogen-bond donors (Lipinski definition) is 1. The van der Waals surface area contributed by atoms with Crippen LogP contribution in [0.2, 0.25) is 0 Å². The van der Waals surface area contributed by atoms with Gasteiger partial charge in [0, 0.05) is 31.1 Å². The maximum Gasteiger partial charge on any atom is 0.253 e. The number of methoxy groups -OCH3 is 1. The zero-order chi connectivity index (χ0) is 17.7. The summed E-state index contributed by atoms with van der Waals surface area (Å²) in [5.41, 5.74) is 1.67. The molecule has 1 aromatic carbocycles. The van der Waals surface area contributed by atoms with Crippen molar-refractivity contribution in [3.05, 3.63) is 29.3 Å². The van der Waals surface area contributed by atoms with Crippen molar-refractivity contribution in [1.82, 2.24) is 10.2 Å². The summed E-state index contributed by atoms with van der Waals surface area (Å²) < 4.78 is 5.31. The highest BCUT2D eigenvalue weighted by molar-refractivity contribution is 5.94. The Hall–Kier alpha value is -2.04. The van der Waals surface area contributed by atoms with E-state index in [0.717, 1.165) is 30.7 Å². The number of piperidine rings is 1. The van der Waals surface area contributed by atoms with Gasteiger partial charge in [0.2, 0.25) is 5.91 Å². The molecule has 5 nitrogen and oxygen atoms in total. The molecule has 24 heavy (non-hydrogen) atoms. The van der Waals surface area contributed by atoms with Crippen molar-refractivity contribution >= 4 is 11.8 Å². The second-order valence-electron chi connectivity index (χ2n) is 6.84. The molecule has 0 spiro atoms. The Bertz CT molecular complexity index is 598. The molecule has 1 saturated heterocycles. The molecule has 1 aliphatic rings. The van der Waals surface area contributed by atoms with E-state index in [2.05, 4.69) is 5.32 Å². The van der Waals surface area contributed by atoms with E-state index in [1.807, 2.05) is 43.9 Å². The molecule has 1 fully saturated rings. The van der Waals surface area contributed by atoms with Gasteiger partial charge in [0.15, 0.2) is 0 Å². The van der Waals surface area contributed by atoms with Gasteiger partial charge in [-0.05, 0) is 43.4 Å². The van der Waals surface area contributed by atoms with Crippen molar-refractivity contribution in [3.8, 4) is 5.75 Å². The minimum Gasteiger partial charge on any atom is -0.496 e. The lowest BCUT2D eigenvalue weighted by molar-refractivity contribution is -0.124. The van der Waals surface area contributed by atoms with Crippen LogP contribution in [0.3, 0.4) is 0 Å². The van der Waals surface area contributed by atoms with Crippen molar-refractivity contribution in [3.63, 3.8) is 0 Å². The van der Waals surface area contributed by atoms with Crippen LogP contribution in [0.4, 0.5) is 0 Å². The maximum absolute atomic E-state index is 12.8. The summed E-state index contributed by atoms with van der Waals surface area (Å²) >= 11 is 0. The number of carbonyl (C=O) groups is 2. The molecule has 5 heteroatoms. The van der Waals surface area contributed by atoms with Gasteiger partial charge in [-0.2, -0.15) is 0 Å². The third-order valence-corrected chi connectivity index (χ3v) is 4.55. The van der Waals surface area contributed by atoms with Crippen LogP contribution in [-0.4, -0.2) is 43.5 Å². The second kappa shape index (κ2) is 8.18. The van der Waals surface area contributed by atoms with Gasteiger partial charge >= 0.3 is 0 Å². The zero-order valence-corrected chi connectivity index (χ0v) is 15.1. The molecule has 1 aliphatic heterocycles. The first-order chi connectivity index (χ1) is 11.4. The minimum atomic E-state index is -0.00801. The normalized spacial score (nSPS) is 17.7. The van der Waals surface area contributed by atoms with Crippen molar-refractivity contribution in [2.45, 2.75) is 33.6 Å². The molecule has 1 aromatic rings. The summed E-state index contributed by atoms with van der Waals surface area (Å²) in [6.45, 7) is 7.82. The van der Waals surface area contributed by atoms with E-state index in [1.165, 1.54) is 0 Å². The third kappa shape index (κ3) is 4.49. The second-order valence-corrected chi connectivity index (χ2v) is 6.84. The summed E-state index contributed by atoms with van der Waals surface area (Å²) in [6, 6.07) is 5.57. The lowest BCUT2D eigenvalue weighted by Crippen LogP contribution is -2.44. The lowest BCUT2D eigenvalue weighted by Gasteiger charge is -2.33. The Labute approximate surface area is 144 Å². The molecule has 0 bridgehead atoms. The minimum absolute atomic E-state index is 0.00801. The SMILES string of the molecule is COc1cc(C(=O)N2CCCC(CNC(=O)C(C)C)C2)ccc1C. The molecule has 0 radical (unpaired) electrons. The van der Waals surface area contributed by atoms with Gasteiger partial charge in [-0.1, -0.05) is 19.9 Å². The van der Waals surface area contributed by atoms with Gasteiger partial charge in [-0.25, -0.2) is 0 Å². The van der Waals surface area contributed by atoms with Crippen molar-refractivity contribution < 1.29 is 14.3 Å². The third-order valence-electron chi connectivity index (χ3n) is 4.55. The molecule has 132 valence electrons. The molecule has 0 aromatic heterocycles. The number of amides is 2. The van der Waals surface area contributed by atoms with Gasteiger partial charge < -0.3 is 15.0 Å². The molecule has 1 heterocycles. The molecule has 0 saturated carbocycles. The van der Waals surface area contributed by atoms with Gasteiger partial charge in [-0.15, -0.1) is 0 Å². The van der Waals surface area contributed by atoms with Crippen LogP contribution in [-0.2, 0) is 4.79 Å². The van der Waals surface area contributed by atoms with Crippen LogP contribution in [0.5, 0.6) is 5.75 Å². The number of carbonyl (C=O) groups excluding carboxylic acids is 2. The molecule has 0 aliphatic carbocycles. The number of benzene rings is 1. The van der Waals surface area contributed by atoms with Gasteiger partial charge in [-0.3, -0.25) is 9.59 Å². The van der Waals surface area contributed by atoms with Gasteiger partial charge in [0.25, 0.3) is 5.91 Å². The van der Waals surface area contributed by atoms with Gasteiger partial charge in [0.1, 0.15) is 5.75 Å². The summed E-state index contributed by atoms with van der Waals surface area (Å²) in [5.74, 6) is 1.15. The Morgan fingerprint density at radius 2 is 2.12 bits per heavy atom. The van der Waals surface area contributed by atoms with E-state index in [9.17, 15) is 9.59 Å². The van der Waals surface area contributed by atoms with Gasteiger partial charge in [0.05, 0.1) is 7.11 Å². The largest absolute Gasteiger partial charge is 0.496 e. The number of likely N-dealkylation sites (tertiary alicyclic amines) is 1. The summed E-state index contributed by atoms with van der Waals surface area (Å²) in [7, 11) is 1.62. The standard InChI is InChI=1S/C19H28N2O3/c1-13(2)18(22)20-11-15-6-5-9-21(12-15)19(23)16-8-7-14(3)17(10-16)24-4/h7-8,10,13,15H,5-6,9,11-12H2,1-4H3,(H,20,22). The zero-order valence-electron chi connectivity index (χ0n) is 15.1. The van der Waals surface area contributed by atoms with Crippen LogP contribution in [0.15, 0.2) is 18.2 Å². The highest BCUT2D eigenvalue weighted by Gasteiger charge is 2.25. The molecule has 2 rings (SSSR count). The van der Waals surface area contributed by atoms with Crippen LogP contribution in [0.1, 0.15) is 42.6 Å². The molecule has 2 amide bonds. The van der Waals surface area contributed by atoms with E-state index in [1.54, 1.807) is 7.11 Å². The van der Waals surface area contributed by atoms with E-state index in [-0.39, 0.29) is 17.7 Å². The lowest BCUT2D eigenvalue weighted by atomic mass is 9.97. The van der Waals surface area contributed by atoms with Crippen molar-refractivity contribution in [1.29, 1.82) is 0 Å². The Kier molecular flexibility index (Phi) is 6.23. The first-order valence-electron chi connectivity index (χ1n) is 8.64. The van der Waals surface area contributed by atoms with E-state index >= 15 is 0 Å². The highest BCUT2D eigenvalue weighted by Crippen LogP contribution is 2.22. The number of hydrogen-bond acceptors (Lipinski definition) is 3. The summed E-state index contributed by atoms with van der Waals surface area (Å²) in [5, 5.41) is 2.98. The summed E-state index contributed by atoms with van der Waals surface area (Å²) in [6.07, 6.45) is 2.01. The van der Waals surface area contributed by atoms with Crippen LogP contribution in [0.25, 0.3) is 0 Å². The molecule has 1 atom stereocenters. The van der Waals surface area contributed by atoms with E-state index in [0.29, 0.717) is 24.6 Å².